The highest BCUT2D eigenvalue weighted by Gasteiger charge is 2.24. The van der Waals surface area contributed by atoms with Gasteiger partial charge in [-0.3, -0.25) is 10.1 Å². The lowest BCUT2D eigenvalue weighted by atomic mass is 10.0. The number of benzene rings is 1. The number of ether oxygens (including phenoxy) is 1. The highest BCUT2D eigenvalue weighted by molar-refractivity contribution is 5.73. The number of hydrogen-bond donors (Lipinski definition) is 3. The Morgan fingerprint density at radius 3 is 2.76 bits per heavy atom. The number of nitrogens with zero attached hydrogens (tertiary/aromatic N) is 1. The first kappa shape index (κ1) is 15.6. The molecule has 0 aromatic heterocycles. The molecule has 1 aliphatic rings. The van der Waals surface area contributed by atoms with E-state index in [1.54, 1.807) is 7.11 Å². The van der Waals surface area contributed by atoms with Gasteiger partial charge in [0.15, 0.2) is 0 Å². The van der Waals surface area contributed by atoms with E-state index in [1.807, 2.05) is 24.3 Å². The first-order valence-electron chi connectivity index (χ1n) is 7.12. The second-order valence-electron chi connectivity index (χ2n) is 5.20. The lowest BCUT2D eigenvalue weighted by Crippen LogP contribution is -2.50. The third kappa shape index (κ3) is 4.09. The molecule has 0 spiro atoms. The largest absolute Gasteiger partial charge is 0.497 e. The lowest BCUT2D eigenvalue weighted by molar-refractivity contribution is -0.140. The Hall–Kier alpha value is -1.79. The number of aliphatic carboxylic acids is 1. The molecule has 0 aliphatic carbocycles. The fourth-order valence-electron chi connectivity index (χ4n) is 2.60. The number of carbonyl (C=O) groups is 1. The van der Waals surface area contributed by atoms with Crippen molar-refractivity contribution in [3.05, 3.63) is 24.3 Å². The number of methoxy groups -OCH3 is 1. The quantitative estimate of drug-likeness (QED) is 0.716. The van der Waals surface area contributed by atoms with Gasteiger partial charge in [0.25, 0.3) is 0 Å². The average Bonchev–Trinajstić information content (AvgIpc) is 2.53. The Morgan fingerprint density at radius 1 is 1.48 bits per heavy atom. The van der Waals surface area contributed by atoms with Crippen LogP contribution in [0.2, 0.25) is 0 Å². The summed E-state index contributed by atoms with van der Waals surface area (Å²) in [7, 11) is 1.65. The van der Waals surface area contributed by atoms with E-state index >= 15 is 0 Å². The van der Waals surface area contributed by atoms with E-state index in [2.05, 4.69) is 10.2 Å². The van der Waals surface area contributed by atoms with Crippen molar-refractivity contribution in [2.45, 2.75) is 24.9 Å². The second kappa shape index (κ2) is 7.28. The Balaban J connectivity index is 1.89. The van der Waals surface area contributed by atoms with E-state index in [0.717, 1.165) is 37.4 Å². The molecule has 1 aromatic carbocycles. The van der Waals surface area contributed by atoms with Crippen LogP contribution in [-0.4, -0.2) is 55.1 Å². The molecule has 1 fully saturated rings. The number of carboxylic acids is 1. The predicted molar refractivity (Wildman–Crippen MR) is 79.9 cm³/mol. The van der Waals surface area contributed by atoms with Crippen LogP contribution < -0.4 is 15.0 Å². The molecule has 0 bridgehead atoms. The third-order valence-corrected chi connectivity index (χ3v) is 3.83. The number of aliphatic hydroxyl groups is 1. The molecule has 1 heterocycles. The molecular formula is C15H22N2O4. The molecule has 0 saturated carbocycles. The summed E-state index contributed by atoms with van der Waals surface area (Å²) in [5, 5.41) is 21.0. The molecule has 21 heavy (non-hydrogen) atoms. The summed E-state index contributed by atoms with van der Waals surface area (Å²) in [6.45, 7) is 1.32. The first-order chi connectivity index (χ1) is 10.1. The summed E-state index contributed by atoms with van der Waals surface area (Å²) in [6.07, 6.45) is 1.70. The number of hydrogen-bond acceptors (Lipinski definition) is 5. The minimum absolute atomic E-state index is 0.125. The molecule has 1 atom stereocenters. The normalized spacial score (nSPS) is 17.5. The van der Waals surface area contributed by atoms with Gasteiger partial charge in [0.2, 0.25) is 0 Å². The van der Waals surface area contributed by atoms with Crippen molar-refractivity contribution >= 4 is 11.7 Å². The molecule has 1 aliphatic heterocycles. The van der Waals surface area contributed by atoms with E-state index < -0.39 is 12.0 Å². The van der Waals surface area contributed by atoms with Crippen molar-refractivity contribution in [3.63, 3.8) is 0 Å². The smallest absolute Gasteiger partial charge is 0.323 e. The van der Waals surface area contributed by atoms with Crippen molar-refractivity contribution in [2.24, 2.45) is 0 Å². The van der Waals surface area contributed by atoms with Crippen LogP contribution in [0.5, 0.6) is 5.75 Å². The molecular weight excluding hydrogens is 272 g/mol. The van der Waals surface area contributed by atoms with Gasteiger partial charge in [-0.2, -0.15) is 0 Å². The van der Waals surface area contributed by atoms with Crippen LogP contribution in [-0.2, 0) is 4.79 Å². The summed E-state index contributed by atoms with van der Waals surface area (Å²) in [5.74, 6) is -0.174. The van der Waals surface area contributed by atoms with E-state index in [9.17, 15) is 4.79 Å². The zero-order valence-electron chi connectivity index (χ0n) is 12.2. The number of nitrogens with one attached hydrogen (secondary N) is 1. The van der Waals surface area contributed by atoms with Crippen molar-refractivity contribution in [1.29, 1.82) is 0 Å². The van der Waals surface area contributed by atoms with E-state index in [4.69, 9.17) is 14.9 Å². The second-order valence-corrected chi connectivity index (χ2v) is 5.20. The highest BCUT2D eigenvalue weighted by Crippen LogP contribution is 2.24. The average molecular weight is 294 g/mol. The van der Waals surface area contributed by atoms with E-state index in [0.29, 0.717) is 0 Å². The molecule has 0 radical (unpaired) electrons. The van der Waals surface area contributed by atoms with Crippen LogP contribution in [0.3, 0.4) is 0 Å². The van der Waals surface area contributed by atoms with E-state index in [-0.39, 0.29) is 12.6 Å². The Bertz CT molecular complexity index is 472. The van der Waals surface area contributed by atoms with Gasteiger partial charge in [-0.15, -0.1) is 0 Å². The monoisotopic (exact) mass is 294 g/mol. The minimum atomic E-state index is -1.01. The zero-order chi connectivity index (χ0) is 15.2. The molecule has 2 rings (SSSR count). The Labute approximate surface area is 124 Å². The van der Waals surface area contributed by atoms with Crippen molar-refractivity contribution in [3.8, 4) is 5.75 Å². The SMILES string of the molecule is COc1cccc(N2CCC(N[C@@H](CO)C(=O)O)CC2)c1. The maximum Gasteiger partial charge on any atom is 0.323 e. The molecule has 0 amide bonds. The van der Waals surface area contributed by atoms with Gasteiger partial charge in [-0.25, -0.2) is 0 Å². The Morgan fingerprint density at radius 2 is 2.19 bits per heavy atom. The van der Waals surface area contributed by atoms with Gasteiger partial charge in [0.05, 0.1) is 13.7 Å². The molecule has 6 heteroatoms. The predicted octanol–water partition coefficient (Wildman–Crippen LogP) is 0.699. The van der Waals surface area contributed by atoms with Crippen LogP contribution in [0.15, 0.2) is 24.3 Å². The number of rotatable bonds is 6. The van der Waals surface area contributed by atoms with Gasteiger partial charge in [0, 0.05) is 30.9 Å². The van der Waals surface area contributed by atoms with Crippen LogP contribution >= 0.6 is 0 Å². The van der Waals surface area contributed by atoms with Crippen LogP contribution in [0.25, 0.3) is 0 Å². The molecule has 1 aromatic rings. The third-order valence-electron chi connectivity index (χ3n) is 3.83. The van der Waals surface area contributed by atoms with Gasteiger partial charge in [-0.1, -0.05) is 6.07 Å². The van der Waals surface area contributed by atoms with Crippen molar-refractivity contribution < 1.29 is 19.7 Å². The molecule has 1 saturated heterocycles. The zero-order valence-corrected chi connectivity index (χ0v) is 12.2. The van der Waals surface area contributed by atoms with Gasteiger partial charge in [-0.05, 0) is 25.0 Å². The summed E-state index contributed by atoms with van der Waals surface area (Å²) >= 11 is 0. The minimum Gasteiger partial charge on any atom is -0.497 e. The summed E-state index contributed by atoms with van der Waals surface area (Å²) in [6, 6.07) is 7.17. The molecule has 3 N–H and O–H groups in total. The number of carboxylic acid groups (broad SMARTS) is 1. The fraction of sp³-hybridized carbons (Fsp3) is 0.533. The lowest BCUT2D eigenvalue weighted by Gasteiger charge is -2.35. The number of piperidine rings is 1. The first-order valence-corrected chi connectivity index (χ1v) is 7.12. The van der Waals surface area contributed by atoms with Crippen molar-refractivity contribution in [1.82, 2.24) is 5.32 Å². The van der Waals surface area contributed by atoms with E-state index in [1.165, 1.54) is 0 Å². The molecule has 6 nitrogen and oxygen atoms in total. The standard InChI is InChI=1S/C15H22N2O4/c1-21-13-4-2-3-12(9-13)17-7-5-11(6-8-17)16-14(10-18)15(19)20/h2-4,9,11,14,16,18H,5-8,10H2,1H3,(H,19,20)/t14-/m0/s1. The number of aliphatic hydroxyl groups excluding tert-OH is 1. The summed E-state index contributed by atoms with van der Waals surface area (Å²) < 4.78 is 5.23. The van der Waals surface area contributed by atoms with Crippen LogP contribution in [0.4, 0.5) is 5.69 Å². The summed E-state index contributed by atoms with van der Waals surface area (Å²) in [5.41, 5.74) is 1.12. The highest BCUT2D eigenvalue weighted by atomic mass is 16.5. The van der Waals surface area contributed by atoms with Gasteiger partial charge >= 0.3 is 5.97 Å². The number of anilines is 1. The maximum atomic E-state index is 10.9. The Kier molecular flexibility index (Phi) is 5.41. The van der Waals surface area contributed by atoms with Crippen molar-refractivity contribution in [2.75, 3.05) is 31.7 Å². The topological polar surface area (TPSA) is 82.0 Å². The molecule has 0 unspecified atom stereocenters. The molecule has 116 valence electrons. The van der Waals surface area contributed by atoms with Crippen LogP contribution in [0, 0.1) is 0 Å². The van der Waals surface area contributed by atoms with Gasteiger partial charge < -0.3 is 19.8 Å². The maximum absolute atomic E-state index is 10.9. The van der Waals surface area contributed by atoms with Crippen LogP contribution in [0.1, 0.15) is 12.8 Å². The summed E-state index contributed by atoms with van der Waals surface area (Å²) in [4.78, 5) is 13.2. The van der Waals surface area contributed by atoms with Gasteiger partial charge in [0.1, 0.15) is 11.8 Å². The fourth-order valence-corrected chi connectivity index (χ4v) is 2.60.